The van der Waals surface area contributed by atoms with Crippen LogP contribution in [0.2, 0.25) is 0 Å². The van der Waals surface area contributed by atoms with Gasteiger partial charge in [0.25, 0.3) is 0 Å². The second kappa shape index (κ2) is 70.9. The number of carboxylic acids is 1. The second-order valence-electron chi connectivity index (χ2n) is 36.7. The van der Waals surface area contributed by atoms with Gasteiger partial charge in [-0.15, -0.1) is 0 Å². The molecular formula is C92H159N27O26. The lowest BCUT2D eigenvalue weighted by atomic mass is 9.99. The molecule has 17 unspecified atom stereocenters. The van der Waals surface area contributed by atoms with E-state index < -0.39 is 303 Å². The Kier molecular flexibility index (Phi) is 63.2. The van der Waals surface area contributed by atoms with Gasteiger partial charge in [0.2, 0.25) is 118 Å². The maximum Gasteiger partial charge on any atom is 0.305 e. The van der Waals surface area contributed by atoms with E-state index in [1.165, 1.54) is 83.1 Å². The Labute approximate surface area is 843 Å². The fraction of sp³-hybridized carbons (Fsp3) is 0.685. The quantitative estimate of drug-likeness (QED) is 0.0164. The summed E-state index contributed by atoms with van der Waals surface area (Å²) in [4.78, 5) is 286. The molecule has 0 heterocycles. The summed E-state index contributed by atoms with van der Waals surface area (Å²) in [5, 5.41) is 110. The van der Waals surface area contributed by atoms with E-state index >= 15 is 0 Å². The van der Waals surface area contributed by atoms with E-state index in [1.807, 2.05) is 19.2 Å². The fourth-order valence-corrected chi connectivity index (χ4v) is 14.6. The first kappa shape index (κ1) is 129. The van der Waals surface area contributed by atoms with Crippen molar-refractivity contribution in [3.05, 3.63) is 29.8 Å². The van der Waals surface area contributed by atoms with Crippen molar-refractivity contribution in [3.63, 3.8) is 0 Å². The standard InChI is InChI=1S/C92H159N27O26/c1-10-11-12-13-14-15-16-17-18-19-20-21-22-30-71(127)118-74(53(8)121)89(144)116-65(45-70(96)126)85(140)105-51(6)77(132)104-47-72(128)107-57(28-25-40-102-91(98)99)79(134)117-67(48-120)88(143)115-66(46-73(129)130)87(142)119-75(54(9)122)90(145)111-59(29-26-41-103-92(100)101)80(135)109-60(35-37-68(94)124)82(137)110-61(36-38-69(95)125)83(138)114-64(44-55-31-33-56(123)34-32-55)84(139)106-52(7)78(133)108-58(27-23-24-39-93)81(136)113-63(43-50(4)5)86(141)112-62(76(97)131)42-49(2)3/h31-34,49-54,57-67,74-75,120-123H,10-30,35-48,93H2,1-9H3,(H2,94,124)(H2,95,125)(H2,96,126)(H2,97,131)(H,104,132)(H,105,140)(H,106,139)(H,107,128)(H,108,133)(H,109,135)(H,110,137)(H,111,145)(H,112,141)(H,113,136)(H,114,138)(H,115,143)(H,116,144)(H,117,134)(H,118,127)(H,119,142)(H,129,130)(H4,98,99,102)(H4,100,101,103). The summed E-state index contributed by atoms with van der Waals surface area (Å²) < 4.78 is 0. The number of nitrogens with two attached hydrogens (primary N) is 7. The first-order chi connectivity index (χ1) is 68.2. The van der Waals surface area contributed by atoms with Gasteiger partial charge >= 0.3 is 5.97 Å². The number of amides is 20. The number of hydrogen-bond acceptors (Lipinski definition) is 28. The van der Waals surface area contributed by atoms with Gasteiger partial charge in [-0.3, -0.25) is 112 Å². The van der Waals surface area contributed by atoms with E-state index in [9.17, 15) is 126 Å². The molecule has 0 bridgehead atoms. The third kappa shape index (κ3) is 56.2. The fourth-order valence-electron chi connectivity index (χ4n) is 14.6. The number of aliphatic hydroxyl groups is 3. The van der Waals surface area contributed by atoms with Crippen LogP contribution in [0, 0.1) is 22.7 Å². The highest BCUT2D eigenvalue weighted by molar-refractivity contribution is 6.02. The Balaban J connectivity index is 3.61. The van der Waals surface area contributed by atoms with Crippen LogP contribution in [-0.4, -0.2) is 297 Å². The first-order valence-electron chi connectivity index (χ1n) is 49.0. The Hall–Kier alpha value is -13.7. The van der Waals surface area contributed by atoms with E-state index in [0.29, 0.717) is 12.8 Å². The van der Waals surface area contributed by atoms with Crippen LogP contribution in [0.5, 0.6) is 5.75 Å². The number of hydrogen-bond donors (Lipinski definition) is 32. The largest absolute Gasteiger partial charge is 0.508 e. The monoisotopic (exact) mass is 2060 g/mol. The summed E-state index contributed by atoms with van der Waals surface area (Å²) >= 11 is 0. The summed E-state index contributed by atoms with van der Waals surface area (Å²) in [7, 11) is 0. The number of carbonyl (C=O) groups is 21. The molecule has 53 nitrogen and oxygen atoms in total. The molecular weight excluding hydrogens is 1900 g/mol. The Morgan fingerprint density at radius 3 is 1.12 bits per heavy atom. The summed E-state index contributed by atoms with van der Waals surface area (Å²) in [6.07, 6.45) is 4.98. The van der Waals surface area contributed by atoms with E-state index in [2.05, 4.69) is 97.3 Å². The molecule has 17 atom stereocenters. The minimum atomic E-state index is -2.27. The topological polar surface area (TPSA) is 906 Å². The predicted molar refractivity (Wildman–Crippen MR) is 528 cm³/mol. The number of guanidine groups is 2. The second-order valence-corrected chi connectivity index (χ2v) is 36.7. The molecule has 0 aliphatic carbocycles. The summed E-state index contributed by atoms with van der Waals surface area (Å²) in [5.41, 5.74) is 39.0. The van der Waals surface area contributed by atoms with Crippen LogP contribution in [0.1, 0.15) is 254 Å². The van der Waals surface area contributed by atoms with Crippen molar-refractivity contribution in [2.45, 2.75) is 358 Å². The van der Waals surface area contributed by atoms with Crippen LogP contribution in [0.15, 0.2) is 24.3 Å². The van der Waals surface area contributed by atoms with Gasteiger partial charge in [-0.05, 0) is 141 Å². The molecule has 39 N–H and O–H groups in total. The number of aliphatic carboxylic acids is 1. The molecule has 53 heteroatoms. The molecule has 1 rings (SSSR count). The Morgan fingerprint density at radius 2 is 0.683 bits per heavy atom. The van der Waals surface area contributed by atoms with Crippen LogP contribution in [0.4, 0.5) is 0 Å². The number of carboxylic acid groups (broad SMARTS) is 1. The zero-order valence-corrected chi connectivity index (χ0v) is 84.4. The van der Waals surface area contributed by atoms with Crippen LogP contribution >= 0.6 is 0 Å². The highest BCUT2D eigenvalue weighted by atomic mass is 16.4. The van der Waals surface area contributed by atoms with Crippen molar-refractivity contribution in [1.29, 1.82) is 10.8 Å². The van der Waals surface area contributed by atoms with Crippen molar-refractivity contribution >= 4 is 136 Å². The summed E-state index contributed by atoms with van der Waals surface area (Å²) in [5.74, 6) is -25.4. The first-order valence-corrected chi connectivity index (χ1v) is 49.0. The SMILES string of the molecule is CCCCCCCCCCCCCCCC(=O)NC(C(=O)NC(CC(N)=O)C(=O)NC(C)C(=O)NCC(=O)NC(CCCNC(=N)N)C(=O)NC(CO)C(=O)NC(CC(=O)O)C(=O)NC(C(=O)NC(CCCNC(=N)N)C(=O)NC(CCC(N)=O)C(=O)NC(CCC(N)=O)C(=O)NC(Cc1ccc(O)cc1)C(=O)NC(C)C(=O)NC(CCCCN)C(=O)NC(CC(C)C)C(=O)NC(CC(C)C)C(N)=O)C(C)O)C(C)O. The number of phenols is 1. The molecule has 0 fully saturated rings. The molecule has 0 aromatic heterocycles. The van der Waals surface area contributed by atoms with Gasteiger partial charge in [-0.1, -0.05) is 124 Å². The van der Waals surface area contributed by atoms with Crippen molar-refractivity contribution in [2.75, 3.05) is 32.8 Å². The van der Waals surface area contributed by atoms with E-state index in [4.69, 9.17) is 51.0 Å². The summed E-state index contributed by atoms with van der Waals surface area (Å²) in [6.45, 7) is 11.5. The Morgan fingerprint density at radius 1 is 0.331 bits per heavy atom. The van der Waals surface area contributed by atoms with Crippen molar-refractivity contribution < 1.29 is 126 Å². The number of unbranched alkanes of at least 4 members (excludes halogenated alkanes) is 13. The molecule has 1 aromatic rings. The van der Waals surface area contributed by atoms with Crippen LogP contribution in [0.3, 0.4) is 0 Å². The number of rotatable bonds is 77. The normalized spacial score (nSPS) is 14.6. The zero-order chi connectivity index (χ0) is 110. The van der Waals surface area contributed by atoms with Gasteiger partial charge in [0, 0.05) is 38.8 Å². The van der Waals surface area contributed by atoms with Crippen molar-refractivity contribution in [2.24, 2.45) is 52.0 Å². The lowest BCUT2D eigenvalue weighted by Crippen LogP contribution is -2.62. The minimum absolute atomic E-state index is 0.0217. The van der Waals surface area contributed by atoms with E-state index in [1.54, 1.807) is 13.8 Å². The third-order valence-electron chi connectivity index (χ3n) is 22.6. The minimum Gasteiger partial charge on any atom is -0.508 e. The molecule has 0 saturated heterocycles. The molecule has 1 aromatic carbocycles. The van der Waals surface area contributed by atoms with Gasteiger partial charge < -0.3 is 161 Å². The molecule has 20 amide bonds. The van der Waals surface area contributed by atoms with Crippen molar-refractivity contribution in [1.82, 2.24) is 95.7 Å². The number of aliphatic hydroxyl groups excluding tert-OH is 3. The zero-order valence-electron chi connectivity index (χ0n) is 84.4. The average molecular weight is 2060 g/mol. The van der Waals surface area contributed by atoms with Crippen LogP contribution < -0.4 is 136 Å². The third-order valence-corrected chi connectivity index (χ3v) is 22.6. The lowest BCUT2D eigenvalue weighted by Gasteiger charge is -2.29. The number of carbonyl (C=O) groups excluding carboxylic acids is 20. The van der Waals surface area contributed by atoms with E-state index in [0.717, 1.165) is 46.0 Å². The molecule has 145 heavy (non-hydrogen) atoms. The number of aromatic hydroxyl groups is 1. The highest BCUT2D eigenvalue weighted by Crippen LogP contribution is 2.19. The summed E-state index contributed by atoms with van der Waals surface area (Å²) in [6, 6.07) is -20.6. The molecule has 0 radical (unpaired) electrons. The molecule has 0 spiro atoms. The highest BCUT2D eigenvalue weighted by Gasteiger charge is 2.40. The maximum absolute atomic E-state index is 14.7. The molecule has 0 aliphatic heterocycles. The predicted octanol–water partition coefficient (Wildman–Crippen LogP) is -7.29. The number of primary amides is 4. The van der Waals surface area contributed by atoms with Crippen molar-refractivity contribution in [3.8, 4) is 5.75 Å². The number of nitrogens with one attached hydrogen (secondary N) is 20. The van der Waals surface area contributed by atoms with Gasteiger partial charge in [0.05, 0.1) is 38.2 Å². The average Bonchev–Trinajstić information content (AvgIpc) is 0.911. The number of benzene rings is 1. The van der Waals surface area contributed by atoms with E-state index in [-0.39, 0.29) is 94.1 Å². The van der Waals surface area contributed by atoms with Gasteiger partial charge in [-0.2, -0.15) is 0 Å². The van der Waals surface area contributed by atoms with Crippen LogP contribution in [0.25, 0.3) is 0 Å². The lowest BCUT2D eigenvalue weighted by molar-refractivity contribution is -0.142. The molecule has 818 valence electrons. The van der Waals surface area contributed by atoms with Gasteiger partial charge in [0.15, 0.2) is 11.9 Å². The maximum atomic E-state index is 14.7. The smallest absolute Gasteiger partial charge is 0.305 e. The van der Waals surface area contributed by atoms with Gasteiger partial charge in [0.1, 0.15) is 96.4 Å². The molecule has 0 aliphatic rings. The number of phenolic OH excluding ortho intramolecular Hbond substituents is 1. The van der Waals surface area contributed by atoms with Gasteiger partial charge in [-0.25, -0.2) is 0 Å². The Bertz CT molecular complexity index is 4410. The molecule has 0 saturated carbocycles. The van der Waals surface area contributed by atoms with Crippen LogP contribution in [-0.2, 0) is 107 Å².